The molecular weight excluding hydrogens is 327 g/mol. The third-order valence-electron chi connectivity index (χ3n) is 2.53. The molecule has 1 aromatic heterocycles. The fraction of sp³-hybridized carbons (Fsp3) is 0.167. The minimum atomic E-state index is -0.437. The van der Waals surface area contributed by atoms with Gasteiger partial charge in [-0.1, -0.05) is 34.8 Å². The molecule has 1 aromatic carbocycles. The number of hydrogen-bond acceptors (Lipinski definition) is 4. The van der Waals surface area contributed by atoms with Crippen LogP contribution in [0.15, 0.2) is 23.0 Å². The summed E-state index contributed by atoms with van der Waals surface area (Å²) in [4.78, 5) is 11.9. The highest BCUT2D eigenvalue weighted by Gasteiger charge is 2.20. The van der Waals surface area contributed by atoms with Gasteiger partial charge in [0.2, 0.25) is 0 Å². The van der Waals surface area contributed by atoms with E-state index in [9.17, 15) is 4.79 Å². The first-order valence-electron chi connectivity index (χ1n) is 5.35. The highest BCUT2D eigenvalue weighted by Crippen LogP contribution is 2.41. The second-order valence-electron chi connectivity index (χ2n) is 3.66. The van der Waals surface area contributed by atoms with E-state index in [4.69, 9.17) is 44.3 Å². The van der Waals surface area contributed by atoms with Gasteiger partial charge in [-0.05, 0) is 6.07 Å². The van der Waals surface area contributed by atoms with Crippen LogP contribution in [0, 0.1) is 0 Å². The van der Waals surface area contributed by atoms with Crippen LogP contribution in [-0.4, -0.2) is 24.0 Å². The largest absolute Gasteiger partial charge is 0.495 e. The Labute approximate surface area is 129 Å². The minimum Gasteiger partial charge on any atom is -0.495 e. The second-order valence-corrected chi connectivity index (χ2v) is 4.81. The van der Waals surface area contributed by atoms with Crippen LogP contribution in [0.3, 0.4) is 0 Å². The molecule has 0 amide bonds. The van der Waals surface area contributed by atoms with E-state index in [1.54, 1.807) is 0 Å². The van der Waals surface area contributed by atoms with E-state index in [1.165, 1.54) is 32.4 Å². The Morgan fingerprint density at radius 3 is 2.10 bits per heavy atom. The molecule has 2 aromatic rings. The quantitative estimate of drug-likeness (QED) is 0.864. The number of halogens is 3. The molecule has 0 aliphatic heterocycles. The summed E-state index contributed by atoms with van der Waals surface area (Å²) in [6.07, 6.45) is 0. The molecule has 1 heterocycles. The average Bonchev–Trinajstić information content (AvgIpc) is 2.43. The third-order valence-corrected chi connectivity index (χ3v) is 3.46. The van der Waals surface area contributed by atoms with Crippen LogP contribution in [0.4, 0.5) is 0 Å². The monoisotopic (exact) mass is 334 g/mol. The van der Waals surface area contributed by atoms with Gasteiger partial charge < -0.3 is 9.47 Å². The molecule has 0 N–H and O–H groups in total. The molecule has 0 unspecified atom stereocenters. The Kier molecular flexibility index (Phi) is 4.42. The van der Waals surface area contributed by atoms with Crippen molar-refractivity contribution in [2.24, 2.45) is 0 Å². The van der Waals surface area contributed by atoms with Crippen molar-refractivity contribution in [1.29, 1.82) is 0 Å². The van der Waals surface area contributed by atoms with Crippen molar-refractivity contribution in [2.45, 2.75) is 0 Å². The third kappa shape index (κ3) is 2.57. The number of methoxy groups -OCH3 is 2. The first-order chi connectivity index (χ1) is 9.49. The Balaban J connectivity index is 2.85. The average molecular weight is 336 g/mol. The lowest BCUT2D eigenvalue weighted by molar-refractivity contribution is 0.394. The number of benzene rings is 1. The van der Waals surface area contributed by atoms with Crippen LogP contribution in [-0.2, 0) is 0 Å². The Hall–Kier alpha value is -1.43. The van der Waals surface area contributed by atoms with Gasteiger partial charge in [0.15, 0.2) is 0 Å². The maximum atomic E-state index is 11.9. The number of nitrogens with zero attached hydrogens (tertiary/aromatic N) is 2. The maximum Gasteiger partial charge on any atom is 0.271 e. The summed E-state index contributed by atoms with van der Waals surface area (Å²) in [6.45, 7) is 0. The van der Waals surface area contributed by atoms with E-state index in [2.05, 4.69) is 5.10 Å². The van der Waals surface area contributed by atoms with Crippen LogP contribution in [0.2, 0.25) is 15.2 Å². The van der Waals surface area contributed by atoms with Gasteiger partial charge >= 0.3 is 0 Å². The van der Waals surface area contributed by atoms with Crippen molar-refractivity contribution in [3.63, 3.8) is 0 Å². The van der Waals surface area contributed by atoms with Gasteiger partial charge in [0.1, 0.15) is 32.4 Å². The predicted octanol–water partition coefficient (Wildman–Crippen LogP) is 3.21. The van der Waals surface area contributed by atoms with Crippen LogP contribution < -0.4 is 15.0 Å². The zero-order chi connectivity index (χ0) is 14.9. The maximum absolute atomic E-state index is 11.9. The zero-order valence-electron chi connectivity index (χ0n) is 10.5. The van der Waals surface area contributed by atoms with E-state index in [-0.39, 0.29) is 20.9 Å². The van der Waals surface area contributed by atoms with Crippen LogP contribution in [0.1, 0.15) is 0 Å². The van der Waals surface area contributed by atoms with Crippen molar-refractivity contribution >= 4 is 34.8 Å². The zero-order valence-corrected chi connectivity index (χ0v) is 12.8. The predicted molar refractivity (Wildman–Crippen MR) is 78.0 cm³/mol. The van der Waals surface area contributed by atoms with E-state index in [0.717, 1.165) is 4.68 Å². The van der Waals surface area contributed by atoms with E-state index in [0.29, 0.717) is 11.5 Å². The van der Waals surface area contributed by atoms with Crippen LogP contribution >= 0.6 is 34.8 Å². The molecule has 5 nitrogen and oxygen atoms in total. The number of aromatic nitrogens is 2. The van der Waals surface area contributed by atoms with Gasteiger partial charge in [0, 0.05) is 12.1 Å². The summed E-state index contributed by atoms with van der Waals surface area (Å²) in [5.74, 6) is 0.605. The normalized spacial score (nSPS) is 10.4. The number of rotatable bonds is 3. The summed E-state index contributed by atoms with van der Waals surface area (Å²) in [5, 5.41) is 4.30. The molecule has 0 saturated heterocycles. The van der Waals surface area contributed by atoms with Crippen molar-refractivity contribution in [3.05, 3.63) is 43.8 Å². The smallest absolute Gasteiger partial charge is 0.271 e. The molecule has 0 fully saturated rings. The summed E-state index contributed by atoms with van der Waals surface area (Å²) < 4.78 is 11.3. The molecular formula is C12H9Cl3N2O3. The summed E-state index contributed by atoms with van der Waals surface area (Å²) in [6, 6.07) is 4.15. The topological polar surface area (TPSA) is 53.4 Å². The van der Waals surface area contributed by atoms with E-state index >= 15 is 0 Å². The lowest BCUT2D eigenvalue weighted by Gasteiger charge is -2.15. The Morgan fingerprint density at radius 1 is 1.05 bits per heavy atom. The SMILES string of the molecule is COc1cc(OC)c(Cl)c(-n2nc(Cl)ccc2=O)c1Cl. The molecule has 0 spiro atoms. The fourth-order valence-electron chi connectivity index (χ4n) is 1.61. The summed E-state index contributed by atoms with van der Waals surface area (Å²) >= 11 is 18.2. The molecule has 0 saturated carbocycles. The summed E-state index contributed by atoms with van der Waals surface area (Å²) in [7, 11) is 2.87. The first kappa shape index (κ1) is 15.0. The molecule has 2 rings (SSSR count). The van der Waals surface area contributed by atoms with Gasteiger partial charge in [-0.3, -0.25) is 4.79 Å². The molecule has 106 valence electrons. The molecule has 8 heteroatoms. The van der Waals surface area contributed by atoms with Gasteiger partial charge in [-0.2, -0.15) is 9.78 Å². The Bertz CT molecular complexity index is 688. The molecule has 0 aliphatic carbocycles. The molecule has 0 bridgehead atoms. The highest BCUT2D eigenvalue weighted by molar-refractivity contribution is 6.39. The van der Waals surface area contributed by atoms with Crippen molar-refractivity contribution in [1.82, 2.24) is 9.78 Å². The van der Waals surface area contributed by atoms with Crippen LogP contribution in [0.5, 0.6) is 11.5 Å². The Morgan fingerprint density at radius 2 is 1.60 bits per heavy atom. The number of ether oxygens (including phenoxy) is 2. The van der Waals surface area contributed by atoms with Crippen LogP contribution in [0.25, 0.3) is 5.69 Å². The fourth-order valence-corrected chi connectivity index (χ4v) is 2.41. The lowest BCUT2D eigenvalue weighted by Crippen LogP contribution is -2.20. The van der Waals surface area contributed by atoms with Gasteiger partial charge in [-0.25, -0.2) is 0 Å². The lowest BCUT2D eigenvalue weighted by atomic mass is 10.2. The van der Waals surface area contributed by atoms with Crippen molar-refractivity contribution < 1.29 is 9.47 Å². The van der Waals surface area contributed by atoms with E-state index < -0.39 is 5.56 Å². The highest BCUT2D eigenvalue weighted by atomic mass is 35.5. The molecule has 0 aliphatic rings. The van der Waals surface area contributed by atoms with Crippen molar-refractivity contribution in [3.8, 4) is 17.2 Å². The molecule has 0 atom stereocenters. The number of hydrogen-bond donors (Lipinski definition) is 0. The van der Waals surface area contributed by atoms with Gasteiger partial charge in [0.05, 0.1) is 14.2 Å². The second kappa shape index (κ2) is 5.91. The summed E-state index contributed by atoms with van der Waals surface area (Å²) in [5.41, 5.74) is -0.287. The first-order valence-corrected chi connectivity index (χ1v) is 6.49. The molecule has 20 heavy (non-hydrogen) atoms. The standard InChI is InChI=1S/C12H9Cl3N2O3/c1-19-6-5-7(20-2)11(15)12(10(6)14)17-9(18)4-3-8(13)16-17/h3-5H,1-2H3. The minimum absolute atomic E-state index is 0.124. The molecule has 0 radical (unpaired) electrons. The van der Waals surface area contributed by atoms with Gasteiger partial charge in [-0.15, -0.1) is 0 Å². The van der Waals surface area contributed by atoms with E-state index in [1.807, 2.05) is 0 Å². The van der Waals surface area contributed by atoms with Gasteiger partial charge in [0.25, 0.3) is 5.56 Å². The van der Waals surface area contributed by atoms with Crippen molar-refractivity contribution in [2.75, 3.05) is 14.2 Å².